The Morgan fingerprint density at radius 1 is 1.03 bits per heavy atom. The van der Waals surface area contributed by atoms with Crippen molar-refractivity contribution in [3.05, 3.63) is 76.9 Å². The summed E-state index contributed by atoms with van der Waals surface area (Å²) < 4.78 is 1.19. The zero-order valence-corrected chi connectivity index (χ0v) is 18.1. The Morgan fingerprint density at radius 3 is 2.63 bits per heavy atom. The number of hydrogen-bond acceptors (Lipinski definition) is 4. The first-order valence-electron chi connectivity index (χ1n) is 10.1. The maximum atomic E-state index is 12.7. The van der Waals surface area contributed by atoms with Crippen LogP contribution in [0.5, 0.6) is 0 Å². The first-order valence-corrected chi connectivity index (χ1v) is 10.9. The summed E-state index contributed by atoms with van der Waals surface area (Å²) in [5.41, 5.74) is 9.42. The average molecular weight is 414 g/mol. The van der Waals surface area contributed by atoms with Gasteiger partial charge in [0.25, 0.3) is 0 Å². The normalized spacial score (nSPS) is 12.0. The highest BCUT2D eigenvalue weighted by atomic mass is 32.1. The molecule has 0 atom stereocenters. The molecule has 1 N–H and O–H groups in total. The molecule has 1 aromatic heterocycles. The van der Waals surface area contributed by atoms with Crippen LogP contribution >= 0.6 is 11.3 Å². The van der Waals surface area contributed by atoms with Gasteiger partial charge in [0.1, 0.15) is 0 Å². The highest BCUT2D eigenvalue weighted by Crippen LogP contribution is 2.37. The number of hydrogen-bond donors (Lipinski definition) is 1. The van der Waals surface area contributed by atoms with Gasteiger partial charge in [-0.25, -0.2) is 4.98 Å². The topological polar surface area (TPSA) is 45.2 Å². The number of aromatic nitrogens is 1. The second-order valence-electron chi connectivity index (χ2n) is 7.98. The Balaban J connectivity index is 1.30. The van der Waals surface area contributed by atoms with E-state index >= 15 is 0 Å². The Kier molecular flexibility index (Phi) is 4.55. The monoisotopic (exact) mass is 413 g/mol. The number of anilines is 2. The van der Waals surface area contributed by atoms with Gasteiger partial charge in [0.15, 0.2) is 5.13 Å². The number of nitrogens with one attached hydrogen (secondary N) is 1. The van der Waals surface area contributed by atoms with E-state index in [-0.39, 0.29) is 12.5 Å². The zero-order valence-electron chi connectivity index (χ0n) is 17.3. The van der Waals surface area contributed by atoms with Gasteiger partial charge in [-0.15, -0.1) is 0 Å². The van der Waals surface area contributed by atoms with E-state index in [9.17, 15) is 4.79 Å². The van der Waals surface area contributed by atoms with Crippen molar-refractivity contribution in [2.75, 3.05) is 23.8 Å². The minimum Gasteiger partial charge on any atom is -0.342 e. The number of benzene rings is 3. The Morgan fingerprint density at radius 2 is 1.80 bits per heavy atom. The number of fused-ring (bicyclic) bond motifs is 4. The number of likely N-dealkylation sites (N-methyl/N-ethyl adjacent to an activating group) is 1. The van der Waals surface area contributed by atoms with Crippen molar-refractivity contribution >= 4 is 38.3 Å². The molecule has 0 radical (unpaired) electrons. The summed E-state index contributed by atoms with van der Waals surface area (Å²) in [4.78, 5) is 19.4. The molecule has 5 heteroatoms. The molecule has 0 fully saturated rings. The minimum atomic E-state index is -0.0411. The number of carbonyl (C=O) groups is 1. The minimum absolute atomic E-state index is 0.0411. The van der Waals surface area contributed by atoms with Crippen LogP contribution in [-0.2, 0) is 11.2 Å². The summed E-state index contributed by atoms with van der Waals surface area (Å²) >= 11 is 1.64. The second kappa shape index (κ2) is 7.26. The quantitative estimate of drug-likeness (QED) is 0.420. The van der Waals surface area contributed by atoms with E-state index in [1.165, 1.54) is 32.5 Å². The van der Waals surface area contributed by atoms with Crippen molar-refractivity contribution in [2.24, 2.45) is 0 Å². The van der Waals surface area contributed by atoms with Crippen LogP contribution in [0.25, 0.3) is 21.3 Å². The molecule has 1 amide bonds. The Bertz CT molecular complexity index is 1250. The van der Waals surface area contributed by atoms with Crippen molar-refractivity contribution in [2.45, 2.75) is 20.3 Å². The first-order chi connectivity index (χ1) is 14.5. The molecule has 4 aromatic rings. The second-order valence-corrected chi connectivity index (χ2v) is 8.96. The third-order valence-corrected chi connectivity index (χ3v) is 7.02. The van der Waals surface area contributed by atoms with Crippen molar-refractivity contribution in [3.8, 4) is 11.1 Å². The molecular formula is C25H23N3OS. The molecular weight excluding hydrogens is 390 g/mol. The van der Waals surface area contributed by atoms with Crippen LogP contribution in [0.1, 0.15) is 22.3 Å². The highest BCUT2D eigenvalue weighted by molar-refractivity contribution is 7.22. The van der Waals surface area contributed by atoms with E-state index in [0.717, 1.165) is 28.3 Å². The predicted molar refractivity (Wildman–Crippen MR) is 126 cm³/mol. The van der Waals surface area contributed by atoms with Crippen molar-refractivity contribution < 1.29 is 4.79 Å². The van der Waals surface area contributed by atoms with Crippen LogP contribution in [-0.4, -0.2) is 24.5 Å². The van der Waals surface area contributed by atoms with Crippen LogP contribution in [0.2, 0.25) is 0 Å². The molecule has 5 rings (SSSR count). The van der Waals surface area contributed by atoms with Crippen molar-refractivity contribution in [3.63, 3.8) is 0 Å². The van der Waals surface area contributed by atoms with Gasteiger partial charge in [-0.1, -0.05) is 53.8 Å². The molecule has 3 aromatic carbocycles. The summed E-state index contributed by atoms with van der Waals surface area (Å²) in [5, 5.41) is 3.91. The molecule has 0 saturated carbocycles. The lowest BCUT2D eigenvalue weighted by Gasteiger charge is -2.15. The van der Waals surface area contributed by atoms with E-state index in [0.29, 0.717) is 0 Å². The SMILES string of the molecule is Cc1ccc(C)c2sc(N(C)CC(=O)Nc3ccc4c(c3)Cc3ccccc3-4)nc12. The Labute approximate surface area is 180 Å². The molecule has 0 spiro atoms. The van der Waals surface area contributed by atoms with Crippen LogP contribution < -0.4 is 10.2 Å². The molecule has 30 heavy (non-hydrogen) atoms. The fraction of sp³-hybridized carbons (Fsp3) is 0.200. The van der Waals surface area contributed by atoms with Gasteiger partial charge in [0, 0.05) is 12.7 Å². The molecule has 0 unspecified atom stereocenters. The van der Waals surface area contributed by atoms with E-state index in [1.54, 1.807) is 11.3 Å². The number of rotatable bonds is 4. The highest BCUT2D eigenvalue weighted by Gasteiger charge is 2.19. The number of aryl methyl sites for hydroxylation is 2. The molecule has 150 valence electrons. The first kappa shape index (κ1) is 18.8. The van der Waals surface area contributed by atoms with Gasteiger partial charge in [0.05, 0.1) is 16.8 Å². The largest absolute Gasteiger partial charge is 0.342 e. The fourth-order valence-corrected chi connectivity index (χ4v) is 5.19. The van der Waals surface area contributed by atoms with Crippen LogP contribution in [0.4, 0.5) is 10.8 Å². The van der Waals surface area contributed by atoms with Crippen molar-refractivity contribution in [1.29, 1.82) is 0 Å². The van der Waals surface area contributed by atoms with Gasteiger partial charge in [-0.2, -0.15) is 0 Å². The average Bonchev–Trinajstić information content (AvgIpc) is 3.33. The van der Waals surface area contributed by atoms with E-state index in [2.05, 4.69) is 67.7 Å². The van der Waals surface area contributed by atoms with Gasteiger partial charge >= 0.3 is 0 Å². The number of nitrogens with zero attached hydrogens (tertiary/aromatic N) is 2. The number of carbonyl (C=O) groups excluding carboxylic acids is 1. The molecule has 0 aliphatic heterocycles. The van der Waals surface area contributed by atoms with Gasteiger partial charge in [-0.05, 0) is 65.8 Å². The summed E-state index contributed by atoms with van der Waals surface area (Å²) in [6.07, 6.45) is 0.916. The van der Waals surface area contributed by atoms with Gasteiger partial charge in [0.2, 0.25) is 5.91 Å². The summed E-state index contributed by atoms with van der Waals surface area (Å²) in [5.74, 6) is -0.0411. The molecule has 1 aliphatic carbocycles. The van der Waals surface area contributed by atoms with Gasteiger partial charge in [-0.3, -0.25) is 4.79 Å². The predicted octanol–water partition coefficient (Wildman–Crippen LogP) is 5.56. The molecule has 1 aliphatic rings. The lowest BCUT2D eigenvalue weighted by molar-refractivity contribution is -0.114. The summed E-state index contributed by atoms with van der Waals surface area (Å²) in [6.45, 7) is 4.43. The van der Waals surface area contributed by atoms with Crippen molar-refractivity contribution in [1.82, 2.24) is 4.98 Å². The Hall–Kier alpha value is -3.18. The molecule has 0 saturated heterocycles. The smallest absolute Gasteiger partial charge is 0.243 e. The number of thiazole rings is 1. The van der Waals surface area contributed by atoms with Crippen LogP contribution in [0.15, 0.2) is 54.6 Å². The summed E-state index contributed by atoms with van der Waals surface area (Å²) in [7, 11) is 1.92. The lowest BCUT2D eigenvalue weighted by Crippen LogP contribution is -2.29. The van der Waals surface area contributed by atoms with E-state index < -0.39 is 0 Å². The number of amides is 1. The third-order valence-electron chi connectivity index (χ3n) is 5.72. The van der Waals surface area contributed by atoms with E-state index in [4.69, 9.17) is 4.98 Å². The van der Waals surface area contributed by atoms with E-state index in [1.807, 2.05) is 18.0 Å². The molecule has 0 bridgehead atoms. The van der Waals surface area contributed by atoms with Crippen LogP contribution in [0, 0.1) is 13.8 Å². The lowest BCUT2D eigenvalue weighted by atomic mass is 10.1. The third kappa shape index (κ3) is 3.25. The maximum absolute atomic E-state index is 12.7. The summed E-state index contributed by atoms with van der Waals surface area (Å²) in [6, 6.07) is 18.9. The fourth-order valence-electron chi connectivity index (χ4n) is 4.12. The zero-order chi connectivity index (χ0) is 20.8. The van der Waals surface area contributed by atoms with Crippen LogP contribution in [0.3, 0.4) is 0 Å². The maximum Gasteiger partial charge on any atom is 0.243 e. The standard InChI is InChI=1S/C25H23N3OS/c1-15-8-9-16(2)24-23(15)27-25(30-24)28(3)14-22(29)26-19-10-11-21-18(13-19)12-17-6-4-5-7-20(17)21/h4-11,13H,12,14H2,1-3H3,(H,26,29). The van der Waals surface area contributed by atoms with Gasteiger partial charge < -0.3 is 10.2 Å². The molecule has 1 heterocycles. The molecule has 4 nitrogen and oxygen atoms in total.